The van der Waals surface area contributed by atoms with Gasteiger partial charge in [-0.3, -0.25) is 13.7 Å². The highest BCUT2D eigenvalue weighted by atomic mass is 31.1. The minimum Gasteiger partial charge on any atom is -0.454 e. The van der Waals surface area contributed by atoms with Crippen molar-refractivity contribution in [1.82, 2.24) is 0 Å². The summed E-state index contributed by atoms with van der Waals surface area (Å²) >= 11 is 0. The number of rotatable bonds is 18. The molecule has 0 aromatic rings. The van der Waals surface area contributed by atoms with Crippen molar-refractivity contribution in [3.8, 4) is 0 Å². The highest BCUT2D eigenvalue weighted by molar-refractivity contribution is 7.17. The molecule has 0 amide bonds. The molecule has 1 aliphatic rings. The van der Waals surface area contributed by atoms with Crippen molar-refractivity contribution < 1.29 is 70.1 Å². The van der Waals surface area contributed by atoms with E-state index in [2.05, 4.69) is 13.6 Å². The Bertz CT molecular complexity index is 708. The monoisotopic (exact) mass is 568 g/mol. The number of carbonyl (C=O) groups excluding carboxylic acids is 3. The molecule has 0 bridgehead atoms. The Labute approximate surface area is 205 Å². The van der Waals surface area contributed by atoms with Crippen molar-refractivity contribution >= 4 is 44.0 Å². The molecule has 0 saturated carbocycles. The topological polar surface area (TPSA) is 185 Å². The number of esters is 3. The van der Waals surface area contributed by atoms with Crippen molar-refractivity contribution in [3.63, 3.8) is 0 Å². The molecule has 1 saturated heterocycles. The van der Waals surface area contributed by atoms with Crippen molar-refractivity contribution in [2.24, 2.45) is 0 Å². The second-order valence-electron chi connectivity index (χ2n) is 6.79. The Morgan fingerprint density at radius 2 is 1.26 bits per heavy atom. The molecule has 1 fully saturated rings. The molecule has 0 spiro atoms. The van der Waals surface area contributed by atoms with Crippen LogP contribution >= 0.6 is 26.1 Å². The highest BCUT2D eigenvalue weighted by Crippen LogP contribution is 2.30. The average molecular weight is 568 g/mol. The molecule has 8 atom stereocenters. The summed E-state index contributed by atoms with van der Waals surface area (Å²) in [6.07, 6.45) is -5.14. The van der Waals surface area contributed by atoms with Gasteiger partial charge in [0.1, 0.15) is 6.10 Å². The molecule has 35 heavy (non-hydrogen) atoms. The van der Waals surface area contributed by atoms with Crippen molar-refractivity contribution in [3.05, 3.63) is 0 Å². The van der Waals surface area contributed by atoms with Crippen LogP contribution in [-0.4, -0.2) is 88.8 Å². The van der Waals surface area contributed by atoms with Crippen LogP contribution in [0.4, 0.5) is 0 Å². The van der Waals surface area contributed by atoms with Crippen molar-refractivity contribution in [1.29, 1.82) is 0 Å². The summed E-state index contributed by atoms with van der Waals surface area (Å²) < 4.78 is 78.3. The van der Waals surface area contributed by atoms with Crippen LogP contribution in [-0.2, 0) is 70.1 Å². The van der Waals surface area contributed by atoms with Gasteiger partial charge in [-0.05, 0) is 6.42 Å². The van der Waals surface area contributed by atoms with Gasteiger partial charge in [0.15, 0.2) is 70.5 Å². The maximum Gasteiger partial charge on any atom is 0.333 e. The third-order valence-electron chi connectivity index (χ3n) is 4.36. The maximum absolute atomic E-state index is 12.3. The summed E-state index contributed by atoms with van der Waals surface area (Å²) in [6, 6.07) is 0. The lowest BCUT2D eigenvalue weighted by atomic mass is 9.98. The van der Waals surface area contributed by atoms with Gasteiger partial charge in [0.05, 0.1) is 6.61 Å². The van der Waals surface area contributed by atoms with E-state index in [1.54, 1.807) is 0 Å². The zero-order valence-electron chi connectivity index (χ0n) is 19.2. The van der Waals surface area contributed by atoms with E-state index in [0.717, 1.165) is 12.8 Å². The third-order valence-corrected chi connectivity index (χ3v) is 5.27. The Morgan fingerprint density at radius 1 is 0.771 bits per heavy atom. The number of hydrogen-bond acceptors (Lipinski definition) is 15. The maximum atomic E-state index is 12.3. The van der Waals surface area contributed by atoms with Crippen LogP contribution in [0.3, 0.4) is 0 Å². The SMILES string of the molecule is CCCCOC[C@H]1O[C@H](OC)[C@H](OC(=O)CO[PH2]=O)[C@@H](OC(=O)CO[PH2]=O)[C@@H]1OC(=O)CO[PH2]=O. The highest BCUT2D eigenvalue weighted by Gasteiger charge is 2.52. The van der Waals surface area contributed by atoms with E-state index < -0.39 is 94.5 Å². The Balaban J connectivity index is 3.26. The summed E-state index contributed by atoms with van der Waals surface area (Å²) in [4.78, 5) is 36.7. The van der Waals surface area contributed by atoms with Crippen LogP contribution in [0.2, 0.25) is 0 Å². The molecule has 1 heterocycles. The number of carbonyl (C=O) groups is 3. The molecule has 0 aromatic heterocycles. The van der Waals surface area contributed by atoms with Gasteiger partial charge in [0, 0.05) is 13.7 Å². The Morgan fingerprint density at radius 3 is 1.71 bits per heavy atom. The van der Waals surface area contributed by atoms with Crippen LogP contribution in [0, 0.1) is 0 Å². The largest absolute Gasteiger partial charge is 0.454 e. The van der Waals surface area contributed by atoms with E-state index in [4.69, 9.17) is 28.4 Å². The number of unbranched alkanes of at least 4 members (excludes halogenated alkanes) is 1. The molecular weight excluding hydrogens is 537 g/mol. The van der Waals surface area contributed by atoms with E-state index in [0.29, 0.717) is 6.61 Å². The van der Waals surface area contributed by atoms with E-state index in [-0.39, 0.29) is 6.61 Å². The van der Waals surface area contributed by atoms with Crippen molar-refractivity contribution in [2.45, 2.75) is 50.5 Å². The molecule has 0 aromatic carbocycles. The standard InChI is InChI=1S/C17H31O15P3/c1-3-4-5-25-6-10-14(30-11(18)7-26-33-21)15(31-12(19)8-27-34-22)16(17(24-2)29-10)32-13(20)9-28-35-23/h10,14-17H,3-9,33-35H2,1-2H3/t10-,14-,15+,16-,17+/m1/s1. The molecule has 18 heteroatoms. The quantitative estimate of drug-likeness (QED) is 0.0928. The molecule has 0 radical (unpaired) electrons. The summed E-state index contributed by atoms with van der Waals surface area (Å²) in [5, 5.41) is 0. The minimum atomic E-state index is -1.71. The Kier molecular flexibility index (Phi) is 17.3. The fourth-order valence-electron chi connectivity index (χ4n) is 2.91. The minimum absolute atomic E-state index is 0.121. The molecule has 15 nitrogen and oxygen atoms in total. The van der Waals surface area contributed by atoms with Gasteiger partial charge in [0.2, 0.25) is 0 Å². The molecule has 0 aliphatic carbocycles. The molecule has 0 N–H and O–H groups in total. The number of ether oxygens (including phenoxy) is 6. The van der Waals surface area contributed by atoms with Crippen molar-refractivity contribution in [2.75, 3.05) is 40.1 Å². The molecule has 3 unspecified atom stereocenters. The number of methoxy groups -OCH3 is 1. The van der Waals surface area contributed by atoms with Gasteiger partial charge < -0.3 is 42.0 Å². The molecule has 204 valence electrons. The predicted molar refractivity (Wildman–Crippen MR) is 120 cm³/mol. The fraction of sp³-hybridized carbons (Fsp3) is 0.824. The van der Waals surface area contributed by atoms with E-state index in [1.165, 1.54) is 7.11 Å². The first-order valence-corrected chi connectivity index (χ1v) is 13.2. The van der Waals surface area contributed by atoms with E-state index in [9.17, 15) is 28.1 Å². The zero-order valence-corrected chi connectivity index (χ0v) is 22.7. The molecule has 1 aliphatic heterocycles. The number of hydrogen-bond donors (Lipinski definition) is 0. The van der Waals surface area contributed by atoms with Gasteiger partial charge in [-0.2, -0.15) is 0 Å². The Hall–Kier alpha value is -1.14. The lowest BCUT2D eigenvalue weighted by Crippen LogP contribution is -2.63. The zero-order chi connectivity index (χ0) is 26.1. The van der Waals surface area contributed by atoms with Gasteiger partial charge in [-0.25, -0.2) is 14.4 Å². The third kappa shape index (κ3) is 12.1. The lowest BCUT2D eigenvalue weighted by Gasteiger charge is -2.44. The summed E-state index contributed by atoms with van der Waals surface area (Å²) in [5.74, 6) is -2.98. The normalized spacial score (nSPS) is 25.0. The van der Waals surface area contributed by atoms with Gasteiger partial charge in [-0.15, -0.1) is 0 Å². The molecular formula is C17H31O15P3. The first kappa shape index (κ1) is 31.9. The summed E-state index contributed by atoms with van der Waals surface area (Å²) in [5.41, 5.74) is 0. The van der Waals surface area contributed by atoms with Crippen LogP contribution in [0.5, 0.6) is 0 Å². The summed E-state index contributed by atoms with van der Waals surface area (Å²) in [7, 11) is -3.85. The van der Waals surface area contributed by atoms with E-state index >= 15 is 0 Å². The van der Waals surface area contributed by atoms with Gasteiger partial charge in [-0.1, -0.05) is 13.3 Å². The summed E-state index contributed by atoms with van der Waals surface area (Å²) in [6.45, 7) is 0.156. The lowest BCUT2D eigenvalue weighted by molar-refractivity contribution is -0.305. The second-order valence-corrected chi connectivity index (χ2v) is 8.37. The fourth-order valence-corrected chi connectivity index (χ4v) is 3.53. The first-order chi connectivity index (χ1) is 16.9. The molecule has 1 rings (SSSR count). The average Bonchev–Trinajstić information content (AvgIpc) is 2.85. The smallest absolute Gasteiger partial charge is 0.333 e. The van der Waals surface area contributed by atoms with Crippen LogP contribution in [0.15, 0.2) is 0 Å². The van der Waals surface area contributed by atoms with E-state index in [1.807, 2.05) is 6.92 Å². The van der Waals surface area contributed by atoms with Gasteiger partial charge >= 0.3 is 17.9 Å². The first-order valence-electron chi connectivity index (χ1n) is 10.4. The predicted octanol–water partition coefficient (Wildman–Crippen LogP) is -0.0265. The van der Waals surface area contributed by atoms with Gasteiger partial charge in [0.25, 0.3) is 0 Å². The second kappa shape index (κ2) is 19.0. The van der Waals surface area contributed by atoms with Crippen LogP contribution in [0.25, 0.3) is 0 Å². The van der Waals surface area contributed by atoms with Crippen LogP contribution < -0.4 is 0 Å². The van der Waals surface area contributed by atoms with Crippen LogP contribution in [0.1, 0.15) is 19.8 Å².